The van der Waals surface area contributed by atoms with E-state index in [0.29, 0.717) is 5.56 Å². The molecule has 20 heavy (non-hydrogen) atoms. The molecule has 0 spiro atoms. The van der Waals surface area contributed by atoms with Crippen LogP contribution in [0.5, 0.6) is 0 Å². The molecule has 2 nitrogen and oxygen atoms in total. The van der Waals surface area contributed by atoms with Gasteiger partial charge < -0.3 is 0 Å². The van der Waals surface area contributed by atoms with Crippen molar-refractivity contribution in [3.8, 4) is 17.3 Å². The second kappa shape index (κ2) is 7.45. The van der Waals surface area contributed by atoms with Crippen molar-refractivity contribution in [1.29, 1.82) is 5.26 Å². The summed E-state index contributed by atoms with van der Waals surface area (Å²) in [5.74, 6) is 0. The van der Waals surface area contributed by atoms with Gasteiger partial charge in [-0.15, -0.1) is 0 Å². The molecule has 1 aromatic carbocycles. The number of unbranched alkanes of at least 4 members (excludes halogenated alkanes) is 3. The SMILES string of the molecule is CCCCCCc1ccc(-c2ccc(C#N)cn2)cc1. The Bertz CT molecular complexity index is 562. The molecule has 0 aliphatic rings. The van der Waals surface area contributed by atoms with Gasteiger partial charge in [-0.1, -0.05) is 50.5 Å². The summed E-state index contributed by atoms with van der Waals surface area (Å²) in [7, 11) is 0. The summed E-state index contributed by atoms with van der Waals surface area (Å²) in [6.07, 6.45) is 7.96. The summed E-state index contributed by atoms with van der Waals surface area (Å²) in [5, 5.41) is 8.77. The van der Waals surface area contributed by atoms with Gasteiger partial charge in [-0.2, -0.15) is 5.26 Å². The first-order chi connectivity index (χ1) is 9.83. The lowest BCUT2D eigenvalue weighted by Gasteiger charge is -2.04. The summed E-state index contributed by atoms with van der Waals surface area (Å²) in [4.78, 5) is 4.31. The van der Waals surface area contributed by atoms with Crippen molar-refractivity contribution in [2.45, 2.75) is 39.0 Å². The first kappa shape index (κ1) is 14.3. The number of pyridine rings is 1. The number of nitriles is 1. The van der Waals surface area contributed by atoms with E-state index in [2.05, 4.69) is 42.2 Å². The van der Waals surface area contributed by atoms with Crippen LogP contribution < -0.4 is 0 Å². The maximum atomic E-state index is 8.77. The zero-order valence-electron chi connectivity index (χ0n) is 12.0. The second-order valence-electron chi connectivity index (χ2n) is 5.05. The van der Waals surface area contributed by atoms with Crippen LogP contribution in [-0.2, 0) is 6.42 Å². The van der Waals surface area contributed by atoms with Crippen molar-refractivity contribution in [2.24, 2.45) is 0 Å². The van der Waals surface area contributed by atoms with Gasteiger partial charge in [0.15, 0.2) is 0 Å². The molecule has 1 heterocycles. The van der Waals surface area contributed by atoms with Gasteiger partial charge in [0, 0.05) is 11.8 Å². The molecule has 0 aliphatic carbocycles. The first-order valence-corrected chi connectivity index (χ1v) is 7.29. The van der Waals surface area contributed by atoms with Crippen LogP contribution in [0.2, 0.25) is 0 Å². The third kappa shape index (κ3) is 3.93. The van der Waals surface area contributed by atoms with E-state index in [9.17, 15) is 0 Å². The third-order valence-electron chi connectivity index (χ3n) is 3.46. The van der Waals surface area contributed by atoms with Crippen molar-refractivity contribution in [2.75, 3.05) is 0 Å². The number of hydrogen-bond donors (Lipinski definition) is 0. The van der Waals surface area contributed by atoms with E-state index in [0.717, 1.165) is 17.7 Å². The summed E-state index contributed by atoms with van der Waals surface area (Å²) < 4.78 is 0. The number of aromatic nitrogens is 1. The molecular weight excluding hydrogens is 244 g/mol. The quantitative estimate of drug-likeness (QED) is 0.706. The van der Waals surface area contributed by atoms with Crippen LogP contribution >= 0.6 is 0 Å². The number of rotatable bonds is 6. The number of benzene rings is 1. The summed E-state index contributed by atoms with van der Waals surface area (Å²) in [6.45, 7) is 2.24. The van der Waals surface area contributed by atoms with Crippen LogP contribution in [0.1, 0.15) is 43.7 Å². The highest BCUT2D eigenvalue weighted by Crippen LogP contribution is 2.18. The van der Waals surface area contributed by atoms with Crippen LogP contribution in [0.3, 0.4) is 0 Å². The Morgan fingerprint density at radius 1 is 1.00 bits per heavy atom. The molecule has 102 valence electrons. The third-order valence-corrected chi connectivity index (χ3v) is 3.46. The fourth-order valence-electron chi connectivity index (χ4n) is 2.23. The Hall–Kier alpha value is -2.14. The molecule has 2 aromatic rings. The zero-order valence-corrected chi connectivity index (χ0v) is 12.0. The summed E-state index contributed by atoms with van der Waals surface area (Å²) in [6, 6.07) is 14.4. The minimum absolute atomic E-state index is 0.598. The van der Waals surface area contributed by atoms with Gasteiger partial charge in [-0.25, -0.2) is 0 Å². The van der Waals surface area contributed by atoms with E-state index in [4.69, 9.17) is 5.26 Å². The van der Waals surface area contributed by atoms with Gasteiger partial charge >= 0.3 is 0 Å². The molecule has 0 bridgehead atoms. The summed E-state index contributed by atoms with van der Waals surface area (Å²) >= 11 is 0. The monoisotopic (exact) mass is 264 g/mol. The van der Waals surface area contributed by atoms with E-state index in [1.807, 2.05) is 6.07 Å². The van der Waals surface area contributed by atoms with Crippen LogP contribution in [0.4, 0.5) is 0 Å². The lowest BCUT2D eigenvalue weighted by Crippen LogP contribution is -1.88. The Morgan fingerprint density at radius 2 is 1.80 bits per heavy atom. The van der Waals surface area contributed by atoms with E-state index in [1.165, 1.54) is 31.2 Å². The number of nitrogens with zero attached hydrogens (tertiary/aromatic N) is 2. The molecule has 0 fully saturated rings. The Labute approximate surface area is 121 Å². The van der Waals surface area contributed by atoms with Crippen molar-refractivity contribution in [3.63, 3.8) is 0 Å². The topological polar surface area (TPSA) is 36.7 Å². The minimum atomic E-state index is 0.598. The Morgan fingerprint density at radius 3 is 2.40 bits per heavy atom. The average molecular weight is 264 g/mol. The van der Waals surface area contributed by atoms with Gasteiger partial charge in [0.2, 0.25) is 0 Å². The fraction of sp³-hybridized carbons (Fsp3) is 0.333. The van der Waals surface area contributed by atoms with Gasteiger partial charge in [-0.3, -0.25) is 4.98 Å². The van der Waals surface area contributed by atoms with E-state index >= 15 is 0 Å². The highest BCUT2D eigenvalue weighted by atomic mass is 14.7. The maximum Gasteiger partial charge on any atom is 0.101 e. The Kier molecular flexibility index (Phi) is 5.32. The van der Waals surface area contributed by atoms with Crippen molar-refractivity contribution < 1.29 is 0 Å². The van der Waals surface area contributed by atoms with Gasteiger partial charge in [0.05, 0.1) is 11.3 Å². The van der Waals surface area contributed by atoms with Gasteiger partial charge in [0.25, 0.3) is 0 Å². The highest BCUT2D eigenvalue weighted by Gasteiger charge is 2.00. The predicted molar refractivity (Wildman–Crippen MR) is 82.2 cm³/mol. The summed E-state index contributed by atoms with van der Waals surface area (Å²) in [5.41, 5.74) is 4.01. The first-order valence-electron chi connectivity index (χ1n) is 7.29. The normalized spacial score (nSPS) is 10.2. The van der Waals surface area contributed by atoms with Crippen molar-refractivity contribution in [3.05, 3.63) is 53.7 Å². The lowest BCUT2D eigenvalue weighted by molar-refractivity contribution is 0.667. The molecule has 0 saturated carbocycles. The van der Waals surface area contributed by atoms with Crippen LogP contribution in [-0.4, -0.2) is 4.98 Å². The molecule has 0 radical (unpaired) electrons. The van der Waals surface area contributed by atoms with Crippen LogP contribution in [0, 0.1) is 11.3 Å². The molecule has 0 amide bonds. The molecule has 0 N–H and O–H groups in total. The van der Waals surface area contributed by atoms with Crippen molar-refractivity contribution >= 4 is 0 Å². The van der Waals surface area contributed by atoms with Gasteiger partial charge in [-0.05, 0) is 30.5 Å². The second-order valence-corrected chi connectivity index (χ2v) is 5.05. The van der Waals surface area contributed by atoms with Gasteiger partial charge in [0.1, 0.15) is 6.07 Å². The largest absolute Gasteiger partial charge is 0.255 e. The number of hydrogen-bond acceptors (Lipinski definition) is 2. The molecule has 1 aromatic heterocycles. The van der Waals surface area contributed by atoms with E-state index in [-0.39, 0.29) is 0 Å². The van der Waals surface area contributed by atoms with Crippen molar-refractivity contribution in [1.82, 2.24) is 4.98 Å². The fourth-order valence-corrected chi connectivity index (χ4v) is 2.23. The minimum Gasteiger partial charge on any atom is -0.255 e. The Balaban J connectivity index is 1.98. The average Bonchev–Trinajstić information content (AvgIpc) is 2.52. The molecular formula is C18H20N2. The molecule has 0 saturated heterocycles. The smallest absolute Gasteiger partial charge is 0.101 e. The molecule has 0 atom stereocenters. The molecule has 2 heteroatoms. The van der Waals surface area contributed by atoms with Crippen LogP contribution in [0.15, 0.2) is 42.6 Å². The molecule has 2 rings (SSSR count). The zero-order chi connectivity index (χ0) is 14.2. The van der Waals surface area contributed by atoms with E-state index < -0.39 is 0 Å². The maximum absolute atomic E-state index is 8.77. The van der Waals surface area contributed by atoms with Crippen LogP contribution in [0.25, 0.3) is 11.3 Å². The molecule has 0 aliphatic heterocycles. The van der Waals surface area contributed by atoms with E-state index in [1.54, 1.807) is 12.3 Å². The lowest BCUT2D eigenvalue weighted by atomic mass is 10.0. The molecule has 0 unspecified atom stereocenters. The number of aryl methyl sites for hydroxylation is 1. The predicted octanol–water partition coefficient (Wildman–Crippen LogP) is 4.74. The highest BCUT2D eigenvalue weighted by molar-refractivity contribution is 5.59. The standard InChI is InChI=1S/C18H20N2/c1-2-3-4-5-6-15-7-10-17(11-8-15)18-12-9-16(13-19)14-20-18/h7-12,14H,2-6H2,1H3.